The smallest absolute Gasteiger partial charge is 0.295 e. The van der Waals surface area contributed by atoms with E-state index in [-0.39, 0.29) is 0 Å². The topological polar surface area (TPSA) is 50.8 Å². The van der Waals surface area contributed by atoms with Crippen LogP contribution in [0.5, 0.6) is 6.01 Å². The van der Waals surface area contributed by atoms with Crippen LogP contribution in [0.2, 0.25) is 5.02 Å². The van der Waals surface area contributed by atoms with E-state index in [0.29, 0.717) is 22.4 Å². The van der Waals surface area contributed by atoms with E-state index in [1.807, 2.05) is 36.4 Å². The molecule has 4 nitrogen and oxygen atoms in total. The molecule has 0 atom stereocenters. The molecule has 1 N–H and O–H groups in total. The highest BCUT2D eigenvalue weighted by atomic mass is 35.5. The Hall–Kier alpha value is -2.85. The van der Waals surface area contributed by atoms with Crippen LogP contribution in [0, 0.1) is 0 Å². The van der Waals surface area contributed by atoms with E-state index in [4.69, 9.17) is 16.3 Å². The molecule has 2 aromatic heterocycles. The van der Waals surface area contributed by atoms with Gasteiger partial charge >= 0.3 is 0 Å². The highest BCUT2D eigenvalue weighted by molar-refractivity contribution is 6.33. The molecule has 2 heterocycles. The van der Waals surface area contributed by atoms with Crippen molar-refractivity contribution >= 4 is 22.8 Å². The minimum absolute atomic E-state index is 0.421. The van der Waals surface area contributed by atoms with Gasteiger partial charge in [0.1, 0.15) is 0 Å². The minimum Gasteiger partial charge on any atom is -0.468 e. The molecule has 0 saturated heterocycles. The Morgan fingerprint density at radius 1 is 0.875 bits per heavy atom. The standard InChI is InChI=1S/C19H14ClN3O/c1-24-19-21-16-11-15(20)17(22-18(16)23-19)14-9-7-13(8-10-14)12-5-3-2-4-6-12/h2-11H,1H3,(H,21,22,23). The fourth-order valence-electron chi connectivity index (χ4n) is 2.65. The van der Waals surface area contributed by atoms with Gasteiger partial charge in [-0.1, -0.05) is 66.2 Å². The van der Waals surface area contributed by atoms with Gasteiger partial charge in [-0.3, -0.25) is 0 Å². The van der Waals surface area contributed by atoms with Gasteiger partial charge in [0.2, 0.25) is 0 Å². The number of aromatic amines is 1. The van der Waals surface area contributed by atoms with Crippen molar-refractivity contribution in [2.75, 3.05) is 7.11 Å². The normalized spacial score (nSPS) is 10.9. The van der Waals surface area contributed by atoms with Crippen molar-refractivity contribution in [3.05, 3.63) is 65.7 Å². The fraction of sp³-hybridized carbons (Fsp3) is 0.0526. The molecule has 2 aromatic carbocycles. The van der Waals surface area contributed by atoms with Crippen LogP contribution in [0.1, 0.15) is 0 Å². The summed E-state index contributed by atoms with van der Waals surface area (Å²) in [5.74, 6) is 0. The first-order valence-corrected chi connectivity index (χ1v) is 7.88. The number of ether oxygens (including phenoxy) is 1. The van der Waals surface area contributed by atoms with Gasteiger partial charge < -0.3 is 9.72 Å². The number of benzene rings is 2. The van der Waals surface area contributed by atoms with E-state index in [1.54, 1.807) is 7.11 Å². The van der Waals surface area contributed by atoms with Crippen molar-refractivity contribution in [1.82, 2.24) is 15.0 Å². The molecule has 0 unspecified atom stereocenters. The maximum atomic E-state index is 6.40. The lowest BCUT2D eigenvalue weighted by atomic mass is 10.0. The largest absolute Gasteiger partial charge is 0.468 e. The summed E-state index contributed by atoms with van der Waals surface area (Å²) in [5, 5.41) is 0.571. The zero-order valence-corrected chi connectivity index (χ0v) is 13.7. The predicted molar refractivity (Wildman–Crippen MR) is 96.3 cm³/mol. The molecule has 4 aromatic rings. The zero-order valence-electron chi connectivity index (χ0n) is 13.0. The highest BCUT2D eigenvalue weighted by Gasteiger charge is 2.11. The fourth-order valence-corrected chi connectivity index (χ4v) is 2.91. The number of methoxy groups -OCH3 is 1. The molecule has 0 aliphatic rings. The van der Waals surface area contributed by atoms with E-state index in [9.17, 15) is 0 Å². The second-order valence-electron chi connectivity index (χ2n) is 5.38. The van der Waals surface area contributed by atoms with Crippen LogP contribution >= 0.6 is 11.6 Å². The van der Waals surface area contributed by atoms with Crippen LogP contribution in [-0.4, -0.2) is 22.1 Å². The number of halogens is 1. The summed E-state index contributed by atoms with van der Waals surface area (Å²) >= 11 is 6.40. The van der Waals surface area contributed by atoms with Gasteiger partial charge in [-0.05, 0) is 17.2 Å². The van der Waals surface area contributed by atoms with Gasteiger partial charge in [-0.2, -0.15) is 4.98 Å². The Labute approximate surface area is 144 Å². The summed E-state index contributed by atoms with van der Waals surface area (Å²) in [4.78, 5) is 11.9. The number of fused-ring (bicyclic) bond motifs is 1. The molecule has 0 spiro atoms. The molecule has 5 heteroatoms. The molecule has 0 aliphatic carbocycles. The molecular formula is C19H14ClN3O. The van der Waals surface area contributed by atoms with Crippen LogP contribution in [-0.2, 0) is 0 Å². The lowest BCUT2D eigenvalue weighted by molar-refractivity contribution is 0.386. The van der Waals surface area contributed by atoms with Gasteiger partial charge in [-0.15, -0.1) is 0 Å². The maximum absolute atomic E-state index is 6.40. The lowest BCUT2D eigenvalue weighted by Crippen LogP contribution is -1.87. The molecule has 0 amide bonds. The van der Waals surface area contributed by atoms with Crippen LogP contribution in [0.15, 0.2) is 60.7 Å². The highest BCUT2D eigenvalue weighted by Crippen LogP contribution is 2.31. The lowest BCUT2D eigenvalue weighted by Gasteiger charge is -2.06. The van der Waals surface area contributed by atoms with Crippen molar-refractivity contribution < 1.29 is 4.74 Å². The molecule has 0 radical (unpaired) electrons. The number of aromatic nitrogens is 3. The second-order valence-corrected chi connectivity index (χ2v) is 5.79. The van der Waals surface area contributed by atoms with Crippen LogP contribution < -0.4 is 4.74 Å². The van der Waals surface area contributed by atoms with Crippen molar-refractivity contribution in [2.45, 2.75) is 0 Å². The van der Waals surface area contributed by atoms with Crippen molar-refractivity contribution in [2.24, 2.45) is 0 Å². The van der Waals surface area contributed by atoms with Crippen LogP contribution in [0.4, 0.5) is 0 Å². The average Bonchev–Trinajstić information content (AvgIpc) is 3.04. The number of rotatable bonds is 3. The zero-order chi connectivity index (χ0) is 16.5. The minimum atomic E-state index is 0.421. The quantitative estimate of drug-likeness (QED) is 0.576. The summed E-state index contributed by atoms with van der Waals surface area (Å²) in [6.45, 7) is 0. The third-order valence-electron chi connectivity index (χ3n) is 3.86. The van der Waals surface area contributed by atoms with Gasteiger partial charge in [0, 0.05) is 5.56 Å². The molecule has 4 rings (SSSR count). The molecule has 24 heavy (non-hydrogen) atoms. The SMILES string of the molecule is COc1nc2nc(-c3ccc(-c4ccccc4)cc3)c(Cl)cc2[nH]1. The number of hydrogen-bond acceptors (Lipinski definition) is 3. The first-order valence-electron chi connectivity index (χ1n) is 7.51. The Balaban J connectivity index is 1.75. The van der Waals surface area contributed by atoms with Gasteiger partial charge in [0.25, 0.3) is 6.01 Å². The first kappa shape index (κ1) is 14.7. The Bertz CT molecular complexity index is 994. The number of hydrogen-bond donors (Lipinski definition) is 1. The second kappa shape index (κ2) is 5.98. The third-order valence-corrected chi connectivity index (χ3v) is 4.15. The Kier molecular flexibility index (Phi) is 3.67. The predicted octanol–water partition coefficient (Wildman–Crippen LogP) is 4.95. The number of nitrogens with zero attached hydrogens (tertiary/aromatic N) is 2. The molecular weight excluding hydrogens is 322 g/mol. The average molecular weight is 336 g/mol. The Morgan fingerprint density at radius 2 is 1.54 bits per heavy atom. The summed E-state index contributed by atoms with van der Waals surface area (Å²) in [7, 11) is 1.56. The molecule has 0 fully saturated rings. The summed E-state index contributed by atoms with van der Waals surface area (Å²) in [6.07, 6.45) is 0. The molecule has 0 saturated carbocycles. The van der Waals surface area contributed by atoms with E-state index in [1.165, 1.54) is 5.56 Å². The van der Waals surface area contributed by atoms with E-state index >= 15 is 0 Å². The molecule has 118 valence electrons. The van der Waals surface area contributed by atoms with E-state index in [2.05, 4.69) is 39.2 Å². The van der Waals surface area contributed by atoms with Gasteiger partial charge in [0.05, 0.1) is 23.3 Å². The number of nitrogens with one attached hydrogen (secondary N) is 1. The number of H-pyrrole nitrogens is 1. The van der Waals surface area contributed by atoms with Crippen molar-refractivity contribution in [3.8, 4) is 28.4 Å². The summed E-state index contributed by atoms with van der Waals surface area (Å²) in [5.41, 5.74) is 5.31. The number of imidazole rings is 1. The van der Waals surface area contributed by atoms with Gasteiger partial charge in [0.15, 0.2) is 5.65 Å². The van der Waals surface area contributed by atoms with E-state index in [0.717, 1.165) is 16.6 Å². The molecule has 0 bridgehead atoms. The maximum Gasteiger partial charge on any atom is 0.295 e. The summed E-state index contributed by atoms with van der Waals surface area (Å²) < 4.78 is 5.10. The van der Waals surface area contributed by atoms with E-state index < -0.39 is 0 Å². The van der Waals surface area contributed by atoms with Gasteiger partial charge in [-0.25, -0.2) is 4.98 Å². The first-order chi connectivity index (χ1) is 11.7. The van der Waals surface area contributed by atoms with Crippen LogP contribution in [0.25, 0.3) is 33.5 Å². The molecule has 0 aliphatic heterocycles. The monoisotopic (exact) mass is 335 g/mol. The Morgan fingerprint density at radius 3 is 2.25 bits per heavy atom. The number of pyridine rings is 1. The van der Waals surface area contributed by atoms with Crippen LogP contribution in [0.3, 0.4) is 0 Å². The van der Waals surface area contributed by atoms with Crippen molar-refractivity contribution in [3.63, 3.8) is 0 Å². The third kappa shape index (κ3) is 2.61. The van der Waals surface area contributed by atoms with Crippen molar-refractivity contribution in [1.29, 1.82) is 0 Å². The summed E-state index contributed by atoms with van der Waals surface area (Å²) in [6, 6.07) is 20.7.